The first-order chi connectivity index (χ1) is 6.86. The normalized spacial score (nSPS) is 15.6. The summed E-state index contributed by atoms with van der Waals surface area (Å²) in [4.78, 5) is 4.71. The van der Waals surface area contributed by atoms with Crippen LogP contribution in [0.2, 0.25) is 0 Å². The first-order valence-electron chi connectivity index (χ1n) is 5.64. The third-order valence-corrected chi connectivity index (χ3v) is 2.86. The molecule has 0 atom stereocenters. The zero-order valence-electron chi connectivity index (χ0n) is 9.14. The number of aryl methyl sites for hydroxylation is 1. The van der Waals surface area contributed by atoms with E-state index in [0.29, 0.717) is 0 Å². The fourth-order valence-electron chi connectivity index (χ4n) is 2.21. The Labute approximate surface area is 85.5 Å². The molecular formula is C11H19N3. The first kappa shape index (κ1) is 9.71. The van der Waals surface area contributed by atoms with Crippen LogP contribution in [0.15, 0.2) is 0 Å². The molecule has 0 saturated carbocycles. The molecule has 0 spiro atoms. The molecule has 0 saturated heterocycles. The van der Waals surface area contributed by atoms with E-state index in [0.717, 1.165) is 32.5 Å². The number of hydrogen-bond donors (Lipinski definition) is 1. The Balaban J connectivity index is 2.36. The largest absolute Gasteiger partial charge is 0.332 e. The van der Waals surface area contributed by atoms with Crippen LogP contribution in [-0.2, 0) is 25.9 Å². The summed E-state index contributed by atoms with van der Waals surface area (Å²) in [7, 11) is 0. The van der Waals surface area contributed by atoms with Crippen LogP contribution in [0.25, 0.3) is 0 Å². The molecule has 1 aromatic heterocycles. The summed E-state index contributed by atoms with van der Waals surface area (Å²) in [5.41, 5.74) is 2.75. The Morgan fingerprint density at radius 2 is 2.29 bits per heavy atom. The molecule has 1 aromatic rings. The van der Waals surface area contributed by atoms with E-state index >= 15 is 0 Å². The molecule has 1 aliphatic rings. The Bertz CT molecular complexity index is 315. The van der Waals surface area contributed by atoms with Gasteiger partial charge in [0.05, 0.1) is 5.69 Å². The van der Waals surface area contributed by atoms with Crippen LogP contribution in [0.5, 0.6) is 0 Å². The van der Waals surface area contributed by atoms with Crippen molar-refractivity contribution in [2.45, 2.75) is 46.2 Å². The highest BCUT2D eigenvalue weighted by molar-refractivity contribution is 5.20. The minimum atomic E-state index is 0.957. The van der Waals surface area contributed by atoms with Crippen molar-refractivity contribution in [2.24, 2.45) is 0 Å². The van der Waals surface area contributed by atoms with Gasteiger partial charge < -0.3 is 9.88 Å². The highest BCUT2D eigenvalue weighted by atomic mass is 15.1. The molecule has 78 valence electrons. The van der Waals surface area contributed by atoms with Gasteiger partial charge in [-0.3, -0.25) is 0 Å². The Morgan fingerprint density at radius 1 is 1.43 bits per heavy atom. The SMILES string of the molecule is CCCc1nc2c(n1CC)CCNC2. The molecule has 14 heavy (non-hydrogen) atoms. The van der Waals surface area contributed by atoms with Crippen molar-refractivity contribution in [3.63, 3.8) is 0 Å². The van der Waals surface area contributed by atoms with Gasteiger partial charge in [0, 0.05) is 38.2 Å². The molecule has 1 N–H and O–H groups in total. The maximum absolute atomic E-state index is 4.71. The maximum Gasteiger partial charge on any atom is 0.109 e. The van der Waals surface area contributed by atoms with Gasteiger partial charge in [-0.15, -0.1) is 0 Å². The van der Waals surface area contributed by atoms with Crippen LogP contribution in [-0.4, -0.2) is 16.1 Å². The van der Waals surface area contributed by atoms with Crippen molar-refractivity contribution in [3.05, 3.63) is 17.2 Å². The van der Waals surface area contributed by atoms with E-state index in [1.165, 1.54) is 23.6 Å². The molecule has 1 aliphatic heterocycles. The number of imidazole rings is 1. The van der Waals surface area contributed by atoms with Crippen molar-refractivity contribution in [1.29, 1.82) is 0 Å². The summed E-state index contributed by atoms with van der Waals surface area (Å²) in [6.07, 6.45) is 3.43. The van der Waals surface area contributed by atoms with Crippen molar-refractivity contribution in [2.75, 3.05) is 6.54 Å². The predicted octanol–water partition coefficient (Wildman–Crippen LogP) is 1.50. The lowest BCUT2D eigenvalue weighted by Gasteiger charge is -2.14. The quantitative estimate of drug-likeness (QED) is 0.788. The van der Waals surface area contributed by atoms with Gasteiger partial charge >= 0.3 is 0 Å². The fraction of sp³-hybridized carbons (Fsp3) is 0.727. The van der Waals surface area contributed by atoms with Crippen LogP contribution in [0, 0.1) is 0 Å². The number of nitrogens with one attached hydrogen (secondary N) is 1. The average molecular weight is 193 g/mol. The minimum absolute atomic E-state index is 0.957. The van der Waals surface area contributed by atoms with Crippen molar-refractivity contribution < 1.29 is 0 Å². The first-order valence-corrected chi connectivity index (χ1v) is 5.64. The summed E-state index contributed by atoms with van der Waals surface area (Å²) >= 11 is 0. The van der Waals surface area contributed by atoms with Crippen LogP contribution >= 0.6 is 0 Å². The smallest absolute Gasteiger partial charge is 0.109 e. The molecule has 2 heterocycles. The second kappa shape index (κ2) is 4.13. The van der Waals surface area contributed by atoms with Crippen molar-refractivity contribution >= 4 is 0 Å². The summed E-state index contributed by atoms with van der Waals surface area (Å²) in [5, 5.41) is 3.37. The number of nitrogens with zero attached hydrogens (tertiary/aromatic N) is 2. The average Bonchev–Trinajstić information content (AvgIpc) is 2.55. The lowest BCUT2D eigenvalue weighted by molar-refractivity contribution is 0.590. The van der Waals surface area contributed by atoms with Gasteiger partial charge in [-0.05, 0) is 13.3 Å². The summed E-state index contributed by atoms with van der Waals surface area (Å²) in [5.74, 6) is 1.28. The van der Waals surface area contributed by atoms with Crippen molar-refractivity contribution in [3.8, 4) is 0 Å². The predicted molar refractivity (Wildman–Crippen MR) is 57.3 cm³/mol. The van der Waals surface area contributed by atoms with Gasteiger partial charge in [-0.1, -0.05) is 6.92 Å². The highest BCUT2D eigenvalue weighted by Gasteiger charge is 2.17. The molecule has 3 heteroatoms. The van der Waals surface area contributed by atoms with Gasteiger partial charge in [-0.25, -0.2) is 4.98 Å². The van der Waals surface area contributed by atoms with Crippen LogP contribution in [0.1, 0.15) is 37.5 Å². The van der Waals surface area contributed by atoms with Crippen molar-refractivity contribution in [1.82, 2.24) is 14.9 Å². The maximum atomic E-state index is 4.71. The molecule has 0 bridgehead atoms. The standard InChI is InChI=1S/C11H19N3/c1-3-5-11-13-9-8-12-7-6-10(9)14(11)4-2/h12H,3-8H2,1-2H3. The highest BCUT2D eigenvalue weighted by Crippen LogP contribution is 2.16. The second-order valence-electron chi connectivity index (χ2n) is 3.84. The summed E-state index contributed by atoms with van der Waals surface area (Å²) in [6, 6.07) is 0. The molecule has 0 radical (unpaired) electrons. The molecular weight excluding hydrogens is 174 g/mol. The molecule has 2 rings (SSSR count). The van der Waals surface area contributed by atoms with E-state index in [1.807, 2.05) is 0 Å². The molecule has 0 amide bonds. The molecule has 0 aliphatic carbocycles. The number of rotatable bonds is 3. The van der Waals surface area contributed by atoms with E-state index in [9.17, 15) is 0 Å². The third kappa shape index (κ3) is 1.57. The second-order valence-corrected chi connectivity index (χ2v) is 3.84. The fourth-order valence-corrected chi connectivity index (χ4v) is 2.21. The van der Waals surface area contributed by atoms with Gasteiger partial charge in [0.15, 0.2) is 0 Å². The monoisotopic (exact) mass is 193 g/mol. The van der Waals surface area contributed by atoms with E-state index in [-0.39, 0.29) is 0 Å². The van der Waals surface area contributed by atoms with E-state index in [2.05, 4.69) is 23.7 Å². The van der Waals surface area contributed by atoms with E-state index in [1.54, 1.807) is 0 Å². The van der Waals surface area contributed by atoms with Crippen LogP contribution < -0.4 is 5.32 Å². The van der Waals surface area contributed by atoms with E-state index in [4.69, 9.17) is 4.98 Å². The molecule has 0 fully saturated rings. The Morgan fingerprint density at radius 3 is 3.00 bits per heavy atom. The zero-order chi connectivity index (χ0) is 9.97. The number of fused-ring (bicyclic) bond motifs is 1. The van der Waals surface area contributed by atoms with Gasteiger partial charge in [0.1, 0.15) is 5.82 Å². The number of aromatic nitrogens is 2. The van der Waals surface area contributed by atoms with Gasteiger partial charge in [0.2, 0.25) is 0 Å². The Kier molecular flexibility index (Phi) is 2.87. The van der Waals surface area contributed by atoms with Gasteiger partial charge in [0.25, 0.3) is 0 Å². The number of hydrogen-bond acceptors (Lipinski definition) is 2. The molecule has 0 aromatic carbocycles. The minimum Gasteiger partial charge on any atom is -0.332 e. The third-order valence-electron chi connectivity index (χ3n) is 2.86. The van der Waals surface area contributed by atoms with E-state index < -0.39 is 0 Å². The topological polar surface area (TPSA) is 29.9 Å². The summed E-state index contributed by atoms with van der Waals surface area (Å²) in [6.45, 7) is 7.55. The molecule has 3 nitrogen and oxygen atoms in total. The zero-order valence-corrected chi connectivity index (χ0v) is 9.14. The lowest BCUT2D eigenvalue weighted by atomic mass is 10.2. The Hall–Kier alpha value is -0.830. The van der Waals surface area contributed by atoms with Gasteiger partial charge in [-0.2, -0.15) is 0 Å². The summed E-state index contributed by atoms with van der Waals surface area (Å²) < 4.78 is 2.40. The lowest BCUT2D eigenvalue weighted by Crippen LogP contribution is -2.24. The van der Waals surface area contributed by atoms with Crippen LogP contribution in [0.3, 0.4) is 0 Å². The van der Waals surface area contributed by atoms with Crippen LogP contribution in [0.4, 0.5) is 0 Å². The molecule has 0 unspecified atom stereocenters.